The molecule has 31 heavy (non-hydrogen) atoms. The van der Waals surface area contributed by atoms with Crippen molar-refractivity contribution in [1.82, 2.24) is 0 Å². The fourth-order valence-electron chi connectivity index (χ4n) is 5.80. The van der Waals surface area contributed by atoms with Crippen LogP contribution in [-0.2, 0) is 28.9 Å². The third-order valence-electron chi connectivity index (χ3n) is 7.18. The second-order valence-corrected chi connectivity index (χ2v) is 9.62. The molecule has 3 nitrogen and oxygen atoms in total. The van der Waals surface area contributed by atoms with Gasteiger partial charge in [-0.25, -0.2) is 0 Å². The van der Waals surface area contributed by atoms with Gasteiger partial charge >= 0.3 is 0 Å². The summed E-state index contributed by atoms with van der Waals surface area (Å²) >= 11 is 0. The first-order valence-corrected chi connectivity index (χ1v) is 12.5. The molecule has 0 amide bonds. The Morgan fingerprint density at radius 3 is 2.32 bits per heavy atom. The van der Waals surface area contributed by atoms with Crippen molar-refractivity contribution in [2.24, 2.45) is 17.8 Å². The lowest BCUT2D eigenvalue weighted by molar-refractivity contribution is -0.129. The summed E-state index contributed by atoms with van der Waals surface area (Å²) in [6.07, 6.45) is 8.31. The van der Waals surface area contributed by atoms with Gasteiger partial charge in [-0.2, -0.15) is 0 Å². The molecule has 3 unspecified atom stereocenters. The van der Waals surface area contributed by atoms with Gasteiger partial charge in [-0.05, 0) is 80.0 Å². The lowest BCUT2D eigenvalue weighted by atomic mass is 9.70. The van der Waals surface area contributed by atoms with E-state index in [4.69, 9.17) is 0 Å². The number of aryl methyl sites for hydroxylation is 2. The normalized spacial score (nSPS) is 17.9. The summed E-state index contributed by atoms with van der Waals surface area (Å²) in [5, 5.41) is 0. The summed E-state index contributed by atoms with van der Waals surface area (Å²) in [6.45, 7) is 12.2. The van der Waals surface area contributed by atoms with Crippen LogP contribution in [0.5, 0.6) is 0 Å². The average Bonchev–Trinajstić information content (AvgIpc) is 2.70. The Morgan fingerprint density at radius 2 is 1.77 bits per heavy atom. The van der Waals surface area contributed by atoms with E-state index >= 15 is 0 Å². The van der Waals surface area contributed by atoms with E-state index in [2.05, 4.69) is 40.7 Å². The first kappa shape index (κ1) is 25.5. The molecule has 172 valence electrons. The monoisotopic (exact) mass is 426 g/mol. The Balaban J connectivity index is 2.33. The first-order chi connectivity index (χ1) is 14.8. The molecule has 3 heteroatoms. The number of fused-ring (bicyclic) bond motifs is 1. The number of hydrogen-bond donors (Lipinski definition) is 0. The number of Topliss-reactive ketones (excluding diaryl/α,β-unsaturated/α-hetero) is 3. The van der Waals surface area contributed by atoms with Crippen LogP contribution >= 0.6 is 0 Å². The molecule has 1 aromatic rings. The highest BCUT2D eigenvalue weighted by Gasteiger charge is 2.34. The van der Waals surface area contributed by atoms with Crippen molar-refractivity contribution in [2.75, 3.05) is 0 Å². The molecule has 0 N–H and O–H groups in total. The zero-order chi connectivity index (χ0) is 23.1. The highest BCUT2D eigenvalue weighted by molar-refractivity contribution is 6.01. The number of rotatable bonds is 12. The molecule has 0 bridgehead atoms. The van der Waals surface area contributed by atoms with Gasteiger partial charge < -0.3 is 0 Å². The van der Waals surface area contributed by atoms with Crippen LogP contribution in [0.3, 0.4) is 0 Å². The van der Waals surface area contributed by atoms with Crippen molar-refractivity contribution in [2.45, 2.75) is 106 Å². The molecule has 1 aliphatic carbocycles. The summed E-state index contributed by atoms with van der Waals surface area (Å²) in [5.74, 6) is 0.803. The summed E-state index contributed by atoms with van der Waals surface area (Å²) in [6, 6.07) is 2.34. The molecule has 0 spiro atoms. The Labute approximate surface area is 189 Å². The molecular weight excluding hydrogens is 384 g/mol. The molecule has 0 heterocycles. The summed E-state index contributed by atoms with van der Waals surface area (Å²) in [7, 11) is 0. The van der Waals surface area contributed by atoms with E-state index in [-0.39, 0.29) is 35.6 Å². The van der Waals surface area contributed by atoms with Crippen molar-refractivity contribution in [3.63, 3.8) is 0 Å². The zero-order valence-corrected chi connectivity index (χ0v) is 20.6. The van der Waals surface area contributed by atoms with Crippen LogP contribution in [0.2, 0.25) is 0 Å². The molecule has 1 aromatic carbocycles. The molecule has 0 radical (unpaired) electrons. The smallest absolute Gasteiger partial charge is 0.163 e. The van der Waals surface area contributed by atoms with E-state index in [9.17, 15) is 14.4 Å². The maximum absolute atomic E-state index is 13.3. The molecule has 0 aromatic heterocycles. The van der Waals surface area contributed by atoms with Gasteiger partial charge in [0.05, 0.1) is 6.42 Å². The van der Waals surface area contributed by atoms with Gasteiger partial charge in [-0.15, -0.1) is 0 Å². The molecule has 0 fully saturated rings. The van der Waals surface area contributed by atoms with Gasteiger partial charge in [0.15, 0.2) is 5.78 Å². The largest absolute Gasteiger partial charge is 0.300 e. The van der Waals surface area contributed by atoms with E-state index < -0.39 is 0 Å². The Morgan fingerprint density at radius 1 is 1.06 bits per heavy atom. The lowest BCUT2D eigenvalue weighted by Gasteiger charge is -2.33. The third kappa shape index (κ3) is 6.14. The van der Waals surface area contributed by atoms with Gasteiger partial charge in [0.2, 0.25) is 0 Å². The second-order valence-electron chi connectivity index (χ2n) is 9.62. The van der Waals surface area contributed by atoms with Gasteiger partial charge in [-0.1, -0.05) is 53.0 Å². The number of hydrogen-bond acceptors (Lipinski definition) is 3. The molecule has 1 aliphatic rings. The van der Waals surface area contributed by atoms with Gasteiger partial charge in [0, 0.05) is 17.9 Å². The van der Waals surface area contributed by atoms with E-state index in [0.717, 1.165) is 56.9 Å². The quantitative estimate of drug-likeness (QED) is 0.352. The number of benzene rings is 1. The molecule has 3 atom stereocenters. The van der Waals surface area contributed by atoms with Crippen molar-refractivity contribution < 1.29 is 14.4 Å². The Hall–Kier alpha value is -1.77. The van der Waals surface area contributed by atoms with Crippen LogP contribution in [0.1, 0.15) is 112 Å². The van der Waals surface area contributed by atoms with Crippen molar-refractivity contribution >= 4 is 17.3 Å². The van der Waals surface area contributed by atoms with Crippen LogP contribution in [0, 0.1) is 24.7 Å². The van der Waals surface area contributed by atoms with Gasteiger partial charge in [0.25, 0.3) is 0 Å². The molecule has 0 aliphatic heterocycles. The number of carbonyl (C=O) groups is 3. The number of ketones is 3. The van der Waals surface area contributed by atoms with Crippen LogP contribution in [0.25, 0.3) is 0 Å². The first-order valence-electron chi connectivity index (χ1n) is 12.5. The second kappa shape index (κ2) is 11.7. The van der Waals surface area contributed by atoms with Crippen LogP contribution in [-0.4, -0.2) is 17.3 Å². The summed E-state index contributed by atoms with van der Waals surface area (Å²) < 4.78 is 0. The maximum Gasteiger partial charge on any atom is 0.163 e. The van der Waals surface area contributed by atoms with Gasteiger partial charge in [0.1, 0.15) is 11.6 Å². The molecule has 0 saturated heterocycles. The Bertz CT molecular complexity index is 805. The minimum atomic E-state index is -0.0698. The van der Waals surface area contributed by atoms with E-state index in [1.54, 1.807) is 0 Å². The topological polar surface area (TPSA) is 51.2 Å². The molecule has 2 rings (SSSR count). The summed E-state index contributed by atoms with van der Waals surface area (Å²) in [5.41, 5.74) is 6.10. The fraction of sp³-hybridized carbons (Fsp3) is 0.679. The number of carbonyl (C=O) groups excluding carboxylic acids is 3. The van der Waals surface area contributed by atoms with Crippen molar-refractivity contribution in [3.05, 3.63) is 33.9 Å². The van der Waals surface area contributed by atoms with Crippen LogP contribution in [0.15, 0.2) is 6.07 Å². The van der Waals surface area contributed by atoms with E-state index in [1.807, 2.05) is 0 Å². The average molecular weight is 427 g/mol. The molecular formula is C28H42O3. The van der Waals surface area contributed by atoms with Crippen LogP contribution < -0.4 is 0 Å². The summed E-state index contributed by atoms with van der Waals surface area (Å²) in [4.78, 5) is 37.6. The highest BCUT2D eigenvalue weighted by atomic mass is 16.1. The third-order valence-corrected chi connectivity index (χ3v) is 7.18. The minimum Gasteiger partial charge on any atom is -0.300 e. The van der Waals surface area contributed by atoms with Crippen molar-refractivity contribution in [3.8, 4) is 0 Å². The predicted octanol–water partition coefficient (Wildman–Crippen LogP) is 6.64. The fourth-order valence-corrected chi connectivity index (χ4v) is 5.80. The van der Waals surface area contributed by atoms with Gasteiger partial charge in [-0.3, -0.25) is 14.4 Å². The SMILES string of the molecule is CCCc1cc(CC)c(C)c2c1CC(CC(CCC)C(CC)C(=O)CC(C)=O)CC2=O. The maximum atomic E-state index is 13.3. The predicted molar refractivity (Wildman–Crippen MR) is 128 cm³/mol. The van der Waals surface area contributed by atoms with Crippen LogP contribution in [0.4, 0.5) is 0 Å². The minimum absolute atomic E-state index is 0.0464. The Kier molecular flexibility index (Phi) is 9.65. The molecule has 0 saturated carbocycles. The van der Waals surface area contributed by atoms with E-state index in [1.165, 1.54) is 29.2 Å². The van der Waals surface area contributed by atoms with Crippen molar-refractivity contribution in [1.29, 1.82) is 0 Å². The lowest BCUT2D eigenvalue weighted by Crippen LogP contribution is -2.30. The van der Waals surface area contributed by atoms with E-state index in [0.29, 0.717) is 12.3 Å². The standard InChI is InChI=1S/C28H42O3/c1-7-11-22(24(10-4)26(30)13-18(5)29)14-20-15-25-23(12-8-2)17-21(9-3)19(6)28(25)27(31)16-20/h17,20,22,24H,7-16H2,1-6H3. The zero-order valence-electron chi connectivity index (χ0n) is 20.6. The highest BCUT2D eigenvalue weighted by Crippen LogP contribution is 2.38.